The minimum atomic E-state index is -3.15. The Bertz CT molecular complexity index is 536. The lowest BCUT2D eigenvalue weighted by atomic mass is 10.1. The minimum absolute atomic E-state index is 0.178. The van der Waals surface area contributed by atoms with Crippen LogP contribution in [-0.2, 0) is 27.9 Å². The third-order valence-corrected chi connectivity index (χ3v) is 5.28. The molecule has 1 N–H and O–H groups in total. The molecule has 1 aliphatic rings. The van der Waals surface area contributed by atoms with Crippen molar-refractivity contribution in [1.29, 1.82) is 0 Å². The van der Waals surface area contributed by atoms with E-state index < -0.39 is 10.0 Å². The van der Waals surface area contributed by atoms with Crippen molar-refractivity contribution in [3.8, 4) is 0 Å². The van der Waals surface area contributed by atoms with E-state index in [0.717, 1.165) is 24.0 Å². The van der Waals surface area contributed by atoms with E-state index in [4.69, 9.17) is 4.74 Å². The molecule has 0 radical (unpaired) electrons. The zero-order valence-corrected chi connectivity index (χ0v) is 13.5. The number of hydrogen-bond acceptors (Lipinski definition) is 3. The average Bonchev–Trinajstić information content (AvgIpc) is 2.97. The van der Waals surface area contributed by atoms with Crippen LogP contribution >= 0.6 is 0 Å². The lowest BCUT2D eigenvalue weighted by molar-refractivity contribution is 0.0456. The summed E-state index contributed by atoms with van der Waals surface area (Å²) in [7, 11) is -3.15. The molecule has 4 nitrogen and oxygen atoms in total. The van der Waals surface area contributed by atoms with Gasteiger partial charge in [0.05, 0.1) is 18.5 Å². The Morgan fingerprint density at radius 2 is 1.95 bits per heavy atom. The van der Waals surface area contributed by atoms with Gasteiger partial charge in [-0.05, 0) is 30.4 Å². The van der Waals surface area contributed by atoms with E-state index >= 15 is 0 Å². The van der Waals surface area contributed by atoms with E-state index in [-0.39, 0.29) is 5.75 Å². The molecule has 0 bridgehead atoms. The zero-order valence-electron chi connectivity index (χ0n) is 12.7. The number of hydrogen-bond donors (Lipinski definition) is 1. The maximum Gasteiger partial charge on any atom is 0.211 e. The Kier molecular flexibility index (Phi) is 6.21. The van der Waals surface area contributed by atoms with Crippen molar-refractivity contribution >= 4 is 10.0 Å². The minimum Gasteiger partial charge on any atom is -0.374 e. The summed E-state index contributed by atoms with van der Waals surface area (Å²) < 4.78 is 31.8. The van der Waals surface area contributed by atoms with Crippen LogP contribution < -0.4 is 4.72 Å². The quantitative estimate of drug-likeness (QED) is 0.803. The molecule has 0 unspecified atom stereocenters. The molecule has 0 amide bonds. The lowest BCUT2D eigenvalue weighted by Gasteiger charge is -2.12. The van der Waals surface area contributed by atoms with E-state index in [1.807, 2.05) is 31.2 Å². The van der Waals surface area contributed by atoms with E-state index in [2.05, 4.69) is 4.72 Å². The number of rotatable bonds is 8. The Hall–Kier alpha value is -0.910. The molecule has 5 heteroatoms. The van der Waals surface area contributed by atoms with Gasteiger partial charge in [0.2, 0.25) is 10.0 Å². The van der Waals surface area contributed by atoms with Crippen molar-refractivity contribution in [2.24, 2.45) is 0 Å². The number of benzene rings is 1. The van der Waals surface area contributed by atoms with Gasteiger partial charge in [0.25, 0.3) is 0 Å². The third-order valence-electron chi connectivity index (χ3n) is 3.75. The van der Waals surface area contributed by atoms with Crippen molar-refractivity contribution in [2.75, 3.05) is 5.75 Å². The van der Waals surface area contributed by atoms with E-state index in [0.29, 0.717) is 25.7 Å². The van der Waals surface area contributed by atoms with Gasteiger partial charge in [-0.3, -0.25) is 0 Å². The summed E-state index contributed by atoms with van der Waals surface area (Å²) in [5.41, 5.74) is 2.08. The van der Waals surface area contributed by atoms with Gasteiger partial charge in [-0.1, -0.05) is 44.0 Å². The van der Waals surface area contributed by atoms with Crippen molar-refractivity contribution in [1.82, 2.24) is 4.72 Å². The molecule has 0 heterocycles. The monoisotopic (exact) mass is 311 g/mol. The topological polar surface area (TPSA) is 55.4 Å². The SMILES string of the molecule is CCCS(=O)(=O)NCc1cccc(COC2CCCC2)c1. The van der Waals surface area contributed by atoms with E-state index in [9.17, 15) is 8.42 Å². The van der Waals surface area contributed by atoms with Crippen molar-refractivity contribution in [3.63, 3.8) is 0 Å². The molecule has 0 saturated heterocycles. The summed E-state index contributed by atoms with van der Waals surface area (Å²) in [6.45, 7) is 2.82. The van der Waals surface area contributed by atoms with Crippen LogP contribution in [0.4, 0.5) is 0 Å². The molecule has 2 rings (SSSR count). The van der Waals surface area contributed by atoms with Gasteiger partial charge in [-0.2, -0.15) is 0 Å². The maximum atomic E-state index is 11.7. The summed E-state index contributed by atoms with van der Waals surface area (Å²) in [6.07, 6.45) is 5.89. The van der Waals surface area contributed by atoms with E-state index in [1.165, 1.54) is 12.8 Å². The molecule has 21 heavy (non-hydrogen) atoms. The van der Waals surface area contributed by atoms with E-state index in [1.54, 1.807) is 0 Å². The highest BCUT2D eigenvalue weighted by Crippen LogP contribution is 2.22. The van der Waals surface area contributed by atoms with Crippen LogP contribution in [0.1, 0.15) is 50.2 Å². The molecule has 0 aromatic heterocycles. The fourth-order valence-electron chi connectivity index (χ4n) is 2.63. The first kappa shape index (κ1) is 16.5. The third kappa shape index (κ3) is 5.77. The zero-order chi connectivity index (χ0) is 15.1. The predicted octanol–water partition coefficient (Wildman–Crippen LogP) is 2.98. The molecule has 118 valence electrons. The van der Waals surface area contributed by atoms with Gasteiger partial charge in [-0.15, -0.1) is 0 Å². The highest BCUT2D eigenvalue weighted by atomic mass is 32.2. The van der Waals surface area contributed by atoms with Crippen LogP contribution in [0.25, 0.3) is 0 Å². The fraction of sp³-hybridized carbons (Fsp3) is 0.625. The fourth-order valence-corrected chi connectivity index (χ4v) is 3.70. The van der Waals surface area contributed by atoms with Gasteiger partial charge in [0.15, 0.2) is 0 Å². The Labute approximate surface area is 127 Å². The Morgan fingerprint density at radius 1 is 1.24 bits per heavy atom. The van der Waals surface area contributed by atoms with Crippen LogP contribution in [0.3, 0.4) is 0 Å². The van der Waals surface area contributed by atoms with Crippen molar-refractivity contribution in [3.05, 3.63) is 35.4 Å². The molecule has 0 atom stereocenters. The Balaban J connectivity index is 1.85. The molecular weight excluding hydrogens is 286 g/mol. The highest BCUT2D eigenvalue weighted by Gasteiger charge is 2.15. The summed E-state index contributed by atoms with van der Waals surface area (Å²) in [5, 5.41) is 0. The molecule has 1 aromatic rings. The summed E-state index contributed by atoms with van der Waals surface area (Å²) >= 11 is 0. The van der Waals surface area contributed by atoms with Crippen molar-refractivity contribution in [2.45, 2.75) is 58.3 Å². The predicted molar refractivity (Wildman–Crippen MR) is 84.4 cm³/mol. The first-order valence-corrected chi connectivity index (χ1v) is 9.41. The summed E-state index contributed by atoms with van der Waals surface area (Å²) in [6, 6.07) is 7.94. The van der Waals surface area contributed by atoms with Gasteiger partial charge in [0, 0.05) is 6.54 Å². The highest BCUT2D eigenvalue weighted by molar-refractivity contribution is 7.89. The van der Waals surface area contributed by atoms with Crippen LogP contribution in [-0.4, -0.2) is 20.3 Å². The second kappa shape index (κ2) is 7.92. The van der Waals surface area contributed by atoms with Crippen LogP contribution in [0.15, 0.2) is 24.3 Å². The second-order valence-corrected chi connectivity index (χ2v) is 7.60. The lowest BCUT2D eigenvalue weighted by Crippen LogP contribution is -2.25. The van der Waals surface area contributed by atoms with Gasteiger partial charge >= 0.3 is 0 Å². The Morgan fingerprint density at radius 3 is 2.67 bits per heavy atom. The molecular formula is C16H25NO3S. The first-order chi connectivity index (χ1) is 10.1. The second-order valence-electron chi connectivity index (χ2n) is 5.68. The molecule has 0 spiro atoms. The largest absolute Gasteiger partial charge is 0.374 e. The van der Waals surface area contributed by atoms with Crippen LogP contribution in [0, 0.1) is 0 Å². The molecule has 0 aliphatic heterocycles. The molecule has 1 fully saturated rings. The smallest absolute Gasteiger partial charge is 0.211 e. The number of ether oxygens (including phenoxy) is 1. The molecule has 1 aromatic carbocycles. The normalized spacial score (nSPS) is 16.4. The van der Waals surface area contributed by atoms with Crippen LogP contribution in [0.2, 0.25) is 0 Å². The maximum absolute atomic E-state index is 11.7. The number of nitrogens with one attached hydrogen (secondary N) is 1. The number of sulfonamides is 1. The molecule has 1 aliphatic carbocycles. The summed E-state index contributed by atoms with van der Waals surface area (Å²) in [4.78, 5) is 0. The van der Waals surface area contributed by atoms with Crippen molar-refractivity contribution < 1.29 is 13.2 Å². The molecule has 1 saturated carbocycles. The average molecular weight is 311 g/mol. The summed E-state index contributed by atoms with van der Waals surface area (Å²) in [5.74, 6) is 0.178. The van der Waals surface area contributed by atoms with Gasteiger partial charge in [0.1, 0.15) is 0 Å². The first-order valence-electron chi connectivity index (χ1n) is 7.76. The van der Waals surface area contributed by atoms with Gasteiger partial charge in [-0.25, -0.2) is 13.1 Å². The van der Waals surface area contributed by atoms with Crippen LogP contribution in [0.5, 0.6) is 0 Å². The standard InChI is InChI=1S/C16H25NO3S/c1-2-10-21(18,19)17-12-14-6-5-7-15(11-14)13-20-16-8-3-4-9-16/h5-7,11,16-17H,2-4,8-10,12-13H2,1H3. The van der Waals surface area contributed by atoms with Gasteiger partial charge < -0.3 is 4.74 Å².